The molecule has 0 atom stereocenters. The minimum absolute atomic E-state index is 0. The van der Waals surface area contributed by atoms with Crippen molar-refractivity contribution in [3.8, 4) is 11.1 Å². The molecule has 3 heteroatoms. The van der Waals surface area contributed by atoms with Gasteiger partial charge in [0, 0.05) is 32.7 Å². The number of rotatable bonds is 1. The summed E-state index contributed by atoms with van der Waals surface area (Å²) in [4.78, 5) is 0. The molecule has 1 radical (unpaired) electrons. The number of benzene rings is 1. The first-order valence-corrected chi connectivity index (χ1v) is 3.63. The van der Waals surface area contributed by atoms with Crippen molar-refractivity contribution >= 4 is 0 Å². The number of nitrogens with zero attached hydrogens (tertiary/aromatic N) is 2. The molecular formula is C10H6N2Y-2. The minimum Gasteiger partial charge on any atom is -0.253 e. The van der Waals surface area contributed by atoms with Gasteiger partial charge in [-0.3, -0.25) is 5.56 Å². The third kappa shape index (κ3) is 2.68. The van der Waals surface area contributed by atoms with E-state index in [0.29, 0.717) is 0 Å². The Kier molecular flexibility index (Phi) is 4.20. The van der Waals surface area contributed by atoms with Crippen molar-refractivity contribution in [2.24, 2.45) is 0 Å². The van der Waals surface area contributed by atoms with Crippen LogP contribution in [0.2, 0.25) is 0 Å². The molecule has 0 saturated carbocycles. The quantitative estimate of drug-likeness (QED) is 0.713. The summed E-state index contributed by atoms with van der Waals surface area (Å²) in [6.07, 6.45) is 4.44. The summed E-state index contributed by atoms with van der Waals surface area (Å²) in [5.41, 5.74) is 1.91. The van der Waals surface area contributed by atoms with E-state index in [9.17, 15) is 0 Å². The molecule has 0 fully saturated rings. The van der Waals surface area contributed by atoms with E-state index in [1.807, 2.05) is 30.3 Å². The second-order valence-corrected chi connectivity index (χ2v) is 2.33. The van der Waals surface area contributed by atoms with Gasteiger partial charge in [-0.2, -0.15) is 23.3 Å². The summed E-state index contributed by atoms with van der Waals surface area (Å²) in [6, 6.07) is 12.7. The molecule has 0 bridgehead atoms. The van der Waals surface area contributed by atoms with Crippen LogP contribution >= 0.6 is 0 Å². The molecule has 2 nitrogen and oxygen atoms in total. The summed E-state index contributed by atoms with van der Waals surface area (Å²) in [6.45, 7) is 0. The molecule has 13 heavy (non-hydrogen) atoms. The van der Waals surface area contributed by atoms with Crippen molar-refractivity contribution in [3.63, 3.8) is 0 Å². The van der Waals surface area contributed by atoms with Crippen molar-refractivity contribution in [2.75, 3.05) is 0 Å². The number of hydrogen-bond donors (Lipinski definition) is 0. The molecule has 0 saturated heterocycles. The van der Waals surface area contributed by atoms with Gasteiger partial charge >= 0.3 is 0 Å². The summed E-state index contributed by atoms with van der Waals surface area (Å²) in [5, 5.41) is 7.32. The monoisotopic (exact) mass is 243 g/mol. The third-order valence-electron chi connectivity index (χ3n) is 1.54. The van der Waals surface area contributed by atoms with Gasteiger partial charge in [-0.05, 0) is 6.20 Å². The SMILES string of the molecule is [Y].[c-]1ccccc1-c1[c-]nncc1. The van der Waals surface area contributed by atoms with E-state index in [4.69, 9.17) is 0 Å². The van der Waals surface area contributed by atoms with Gasteiger partial charge in [0.15, 0.2) is 0 Å². The zero-order valence-electron chi connectivity index (χ0n) is 6.94. The molecule has 61 valence electrons. The van der Waals surface area contributed by atoms with Crippen LogP contribution in [0.5, 0.6) is 0 Å². The van der Waals surface area contributed by atoms with Crippen LogP contribution in [0.25, 0.3) is 11.1 Å². The van der Waals surface area contributed by atoms with Crippen LogP contribution < -0.4 is 0 Å². The van der Waals surface area contributed by atoms with Gasteiger partial charge in [0.1, 0.15) is 0 Å². The van der Waals surface area contributed by atoms with Gasteiger partial charge < -0.3 is 0 Å². The summed E-state index contributed by atoms with van der Waals surface area (Å²) in [5.74, 6) is 0. The van der Waals surface area contributed by atoms with Crippen LogP contribution in [0, 0.1) is 12.3 Å². The van der Waals surface area contributed by atoms with Crippen LogP contribution in [-0.4, -0.2) is 10.2 Å². The zero-order valence-corrected chi connectivity index (χ0v) is 9.77. The van der Waals surface area contributed by atoms with Crippen molar-refractivity contribution < 1.29 is 32.7 Å². The Morgan fingerprint density at radius 3 is 2.62 bits per heavy atom. The Labute approximate surface area is 102 Å². The van der Waals surface area contributed by atoms with Gasteiger partial charge in [0.05, 0.1) is 0 Å². The molecule has 1 aromatic carbocycles. The van der Waals surface area contributed by atoms with Crippen LogP contribution in [0.4, 0.5) is 0 Å². The van der Waals surface area contributed by atoms with Crippen molar-refractivity contribution in [1.29, 1.82) is 0 Å². The largest absolute Gasteiger partial charge is 0.253 e. The van der Waals surface area contributed by atoms with Crippen molar-refractivity contribution in [2.45, 2.75) is 0 Å². The molecule has 0 aliphatic carbocycles. The van der Waals surface area contributed by atoms with Gasteiger partial charge in [-0.15, -0.1) is 6.07 Å². The molecule has 0 aliphatic heterocycles. The topological polar surface area (TPSA) is 25.8 Å². The van der Waals surface area contributed by atoms with Crippen molar-refractivity contribution in [3.05, 3.63) is 48.8 Å². The predicted molar refractivity (Wildman–Crippen MR) is 45.1 cm³/mol. The molecule has 0 unspecified atom stereocenters. The fourth-order valence-electron chi connectivity index (χ4n) is 0.972. The van der Waals surface area contributed by atoms with Crippen LogP contribution in [0.1, 0.15) is 0 Å². The molecular weight excluding hydrogens is 237 g/mol. The molecule has 2 aromatic rings. The fraction of sp³-hybridized carbons (Fsp3) is 0. The summed E-state index contributed by atoms with van der Waals surface area (Å²) < 4.78 is 0. The molecule has 0 amide bonds. The summed E-state index contributed by atoms with van der Waals surface area (Å²) >= 11 is 0. The average Bonchev–Trinajstić information content (AvgIpc) is 2.21. The first-order chi connectivity index (χ1) is 5.97. The average molecular weight is 243 g/mol. The Morgan fingerprint density at radius 1 is 1.08 bits per heavy atom. The second-order valence-electron chi connectivity index (χ2n) is 2.33. The standard InChI is InChI=1S/C10H6N2.Y/c1-2-4-9(5-3-1)10-6-7-11-12-8-10;/h1-4,6-7H;/q-2;. The van der Waals surface area contributed by atoms with Gasteiger partial charge in [0.2, 0.25) is 0 Å². The van der Waals surface area contributed by atoms with E-state index >= 15 is 0 Å². The molecule has 0 N–H and O–H groups in total. The van der Waals surface area contributed by atoms with Crippen LogP contribution in [-0.2, 0) is 32.7 Å². The van der Waals surface area contributed by atoms with Gasteiger partial charge in [-0.1, -0.05) is 6.20 Å². The molecule has 0 spiro atoms. The van der Waals surface area contributed by atoms with E-state index in [1.54, 1.807) is 6.20 Å². The Morgan fingerprint density at radius 2 is 2.00 bits per heavy atom. The van der Waals surface area contributed by atoms with E-state index in [-0.39, 0.29) is 32.7 Å². The van der Waals surface area contributed by atoms with Crippen molar-refractivity contribution in [1.82, 2.24) is 10.2 Å². The normalized spacial score (nSPS) is 8.92. The maximum absolute atomic E-state index is 3.67. The Balaban J connectivity index is 0.000000845. The first-order valence-electron chi connectivity index (χ1n) is 3.63. The number of aromatic nitrogens is 2. The third-order valence-corrected chi connectivity index (χ3v) is 1.54. The molecule has 1 heterocycles. The van der Waals surface area contributed by atoms with E-state index < -0.39 is 0 Å². The Hall–Kier alpha value is -0.596. The maximum atomic E-state index is 3.67. The second kappa shape index (κ2) is 5.20. The molecule has 0 aliphatic rings. The minimum atomic E-state index is 0. The molecule has 2 rings (SSSR count). The van der Waals surface area contributed by atoms with E-state index in [1.165, 1.54) is 0 Å². The van der Waals surface area contributed by atoms with Crippen LogP contribution in [0.15, 0.2) is 36.5 Å². The maximum Gasteiger partial charge on any atom is 0 e. The van der Waals surface area contributed by atoms with Crippen LogP contribution in [0.3, 0.4) is 0 Å². The zero-order chi connectivity index (χ0) is 8.23. The van der Waals surface area contributed by atoms with Gasteiger partial charge in [0.25, 0.3) is 0 Å². The molecule has 1 aromatic heterocycles. The summed E-state index contributed by atoms with van der Waals surface area (Å²) in [7, 11) is 0. The number of hydrogen-bond acceptors (Lipinski definition) is 2. The first kappa shape index (κ1) is 10.5. The van der Waals surface area contributed by atoms with Gasteiger partial charge in [-0.25, -0.2) is 22.8 Å². The van der Waals surface area contributed by atoms with E-state index in [2.05, 4.69) is 22.5 Å². The Bertz CT molecular complexity index is 310. The van der Waals surface area contributed by atoms with E-state index in [0.717, 1.165) is 11.1 Å². The fourth-order valence-corrected chi connectivity index (χ4v) is 0.972. The predicted octanol–water partition coefficient (Wildman–Crippen LogP) is 1.74. The smallest absolute Gasteiger partial charge is 0 e.